The molecular formula is C13H10N2O3S. The van der Waals surface area contributed by atoms with Gasteiger partial charge in [-0.15, -0.1) is 0 Å². The van der Waals surface area contributed by atoms with Gasteiger partial charge in [-0.05, 0) is 25.1 Å². The van der Waals surface area contributed by atoms with E-state index in [1.165, 1.54) is 30.9 Å². The molecule has 0 radical (unpaired) electrons. The highest BCUT2D eigenvalue weighted by molar-refractivity contribution is 7.99. The summed E-state index contributed by atoms with van der Waals surface area (Å²) in [7, 11) is 0. The third-order valence-corrected chi connectivity index (χ3v) is 3.44. The molecule has 0 saturated heterocycles. The fraction of sp³-hybridized carbons (Fsp3) is 0.0769. The van der Waals surface area contributed by atoms with Crippen LogP contribution in [0.3, 0.4) is 0 Å². The van der Waals surface area contributed by atoms with Crippen molar-refractivity contribution < 1.29 is 9.72 Å². The van der Waals surface area contributed by atoms with Crippen molar-refractivity contribution in [2.45, 2.75) is 16.8 Å². The normalized spacial score (nSPS) is 10.2. The summed E-state index contributed by atoms with van der Waals surface area (Å²) in [5.74, 6) is -0.0604. The van der Waals surface area contributed by atoms with Crippen LogP contribution in [0, 0.1) is 10.1 Å². The van der Waals surface area contributed by atoms with E-state index in [0.717, 1.165) is 0 Å². The molecular weight excluding hydrogens is 264 g/mol. The first kappa shape index (κ1) is 13.2. The highest BCUT2D eigenvalue weighted by Gasteiger charge is 2.14. The molecule has 0 N–H and O–H groups in total. The predicted molar refractivity (Wildman–Crippen MR) is 71.5 cm³/mol. The minimum absolute atomic E-state index is 0.0462. The van der Waals surface area contributed by atoms with Gasteiger partial charge in [0, 0.05) is 17.8 Å². The van der Waals surface area contributed by atoms with E-state index in [2.05, 4.69) is 4.98 Å². The van der Waals surface area contributed by atoms with Gasteiger partial charge in [-0.2, -0.15) is 0 Å². The first-order valence-corrected chi connectivity index (χ1v) is 6.28. The molecule has 0 fully saturated rings. The fourth-order valence-corrected chi connectivity index (χ4v) is 2.32. The number of nitro groups is 1. The van der Waals surface area contributed by atoms with Gasteiger partial charge in [-0.3, -0.25) is 14.9 Å². The topological polar surface area (TPSA) is 73.1 Å². The number of rotatable bonds is 4. The Morgan fingerprint density at radius 3 is 2.58 bits per heavy atom. The lowest BCUT2D eigenvalue weighted by Crippen LogP contribution is -1.94. The average molecular weight is 274 g/mol. The first-order valence-electron chi connectivity index (χ1n) is 5.46. The maximum atomic E-state index is 11.1. The molecule has 0 aliphatic rings. The molecule has 0 atom stereocenters. The molecule has 1 aromatic carbocycles. The first-order chi connectivity index (χ1) is 9.08. The summed E-state index contributed by atoms with van der Waals surface area (Å²) >= 11 is 1.20. The van der Waals surface area contributed by atoms with E-state index < -0.39 is 4.92 Å². The van der Waals surface area contributed by atoms with Crippen LogP contribution in [0.4, 0.5) is 5.69 Å². The van der Waals surface area contributed by atoms with Gasteiger partial charge in [-0.25, -0.2) is 4.98 Å². The predicted octanol–water partition coefficient (Wildman–Crippen LogP) is 3.34. The molecule has 5 nitrogen and oxygen atoms in total. The number of Topliss-reactive ketones (excluding diaryl/α,β-unsaturated/α-hetero) is 1. The van der Waals surface area contributed by atoms with Gasteiger partial charge in [0.15, 0.2) is 5.78 Å². The van der Waals surface area contributed by atoms with Gasteiger partial charge in [0.2, 0.25) is 0 Å². The smallest absolute Gasteiger partial charge is 0.283 e. The number of hydrogen-bond donors (Lipinski definition) is 0. The van der Waals surface area contributed by atoms with E-state index in [0.29, 0.717) is 15.5 Å². The van der Waals surface area contributed by atoms with Crippen molar-refractivity contribution in [3.05, 3.63) is 58.3 Å². The highest BCUT2D eigenvalue weighted by Crippen LogP contribution is 2.33. The molecule has 96 valence electrons. The quantitative estimate of drug-likeness (QED) is 0.485. The summed E-state index contributed by atoms with van der Waals surface area (Å²) in [4.78, 5) is 26.2. The maximum Gasteiger partial charge on any atom is 0.283 e. The van der Waals surface area contributed by atoms with Crippen LogP contribution < -0.4 is 0 Å². The van der Waals surface area contributed by atoms with Gasteiger partial charge in [0.05, 0.1) is 9.82 Å². The summed E-state index contributed by atoms with van der Waals surface area (Å²) in [6.45, 7) is 1.46. The Labute approximate surface area is 113 Å². The lowest BCUT2D eigenvalue weighted by atomic mass is 10.2. The van der Waals surface area contributed by atoms with Crippen LogP contribution in [0.2, 0.25) is 0 Å². The third-order valence-electron chi connectivity index (χ3n) is 2.42. The second kappa shape index (κ2) is 5.62. The molecule has 0 saturated carbocycles. The Hall–Kier alpha value is -2.21. The molecule has 2 aromatic rings. The van der Waals surface area contributed by atoms with Crippen LogP contribution in [0.25, 0.3) is 0 Å². The molecule has 19 heavy (non-hydrogen) atoms. The Bertz CT molecular complexity index is 626. The molecule has 0 aliphatic carbocycles. The lowest BCUT2D eigenvalue weighted by molar-refractivity contribution is -0.387. The zero-order valence-electron chi connectivity index (χ0n) is 10.1. The Morgan fingerprint density at radius 1 is 1.26 bits per heavy atom. The zero-order valence-corrected chi connectivity index (χ0v) is 10.9. The van der Waals surface area contributed by atoms with Gasteiger partial charge >= 0.3 is 0 Å². The SMILES string of the molecule is CC(=O)c1ccc(Sc2ccccc2[N+](=O)[O-])nc1. The molecule has 0 spiro atoms. The lowest BCUT2D eigenvalue weighted by Gasteiger charge is -2.02. The molecule has 6 heteroatoms. The summed E-state index contributed by atoms with van der Waals surface area (Å²) in [6, 6.07) is 9.81. The van der Waals surface area contributed by atoms with Crippen LogP contribution in [0.1, 0.15) is 17.3 Å². The van der Waals surface area contributed by atoms with Gasteiger partial charge < -0.3 is 0 Å². The number of nitrogens with zero attached hydrogens (tertiary/aromatic N) is 2. The Morgan fingerprint density at radius 2 is 2.00 bits per heavy atom. The fourth-order valence-electron chi connectivity index (χ4n) is 1.46. The third kappa shape index (κ3) is 3.17. The monoisotopic (exact) mass is 274 g/mol. The maximum absolute atomic E-state index is 11.1. The summed E-state index contributed by atoms with van der Waals surface area (Å²) in [5.41, 5.74) is 0.567. The molecule has 2 rings (SSSR count). The van der Waals surface area contributed by atoms with E-state index in [4.69, 9.17) is 0 Å². The Kier molecular flexibility index (Phi) is 3.91. The minimum Gasteiger partial charge on any atom is -0.294 e. The number of pyridine rings is 1. The van der Waals surface area contributed by atoms with Gasteiger partial charge in [-0.1, -0.05) is 23.9 Å². The van der Waals surface area contributed by atoms with Crippen molar-refractivity contribution in [3.63, 3.8) is 0 Å². The molecule has 0 amide bonds. The van der Waals surface area contributed by atoms with Crippen LogP contribution >= 0.6 is 11.8 Å². The second-order valence-corrected chi connectivity index (χ2v) is 4.83. The summed E-state index contributed by atoms with van der Waals surface area (Å²) in [6.07, 6.45) is 1.47. The highest BCUT2D eigenvalue weighted by atomic mass is 32.2. The van der Waals surface area contributed by atoms with Crippen molar-refractivity contribution >= 4 is 23.2 Å². The number of hydrogen-bond acceptors (Lipinski definition) is 5. The van der Waals surface area contributed by atoms with Gasteiger partial charge in [0.1, 0.15) is 5.03 Å². The number of ketones is 1. The van der Waals surface area contributed by atoms with Crippen molar-refractivity contribution in [2.24, 2.45) is 0 Å². The van der Waals surface area contributed by atoms with E-state index >= 15 is 0 Å². The van der Waals surface area contributed by atoms with Crippen molar-refractivity contribution in [1.29, 1.82) is 0 Å². The average Bonchev–Trinajstić information content (AvgIpc) is 2.39. The molecule has 0 aliphatic heterocycles. The molecule has 0 unspecified atom stereocenters. The number of aromatic nitrogens is 1. The van der Waals surface area contributed by atoms with Crippen LogP contribution in [0.5, 0.6) is 0 Å². The molecule has 1 aromatic heterocycles. The summed E-state index contributed by atoms with van der Waals surface area (Å²) < 4.78 is 0. The standard InChI is InChI=1S/C13H10N2O3S/c1-9(16)10-6-7-13(14-8-10)19-12-5-3-2-4-11(12)15(17)18/h2-8H,1H3. The number of para-hydroxylation sites is 1. The van der Waals surface area contributed by atoms with E-state index in [1.54, 1.807) is 30.3 Å². The van der Waals surface area contributed by atoms with Crippen molar-refractivity contribution in [1.82, 2.24) is 4.98 Å². The van der Waals surface area contributed by atoms with E-state index in [1.807, 2.05) is 0 Å². The number of carbonyl (C=O) groups excluding carboxylic acids is 1. The second-order valence-electron chi connectivity index (χ2n) is 3.77. The summed E-state index contributed by atoms with van der Waals surface area (Å²) in [5, 5.41) is 11.5. The van der Waals surface area contributed by atoms with E-state index in [-0.39, 0.29) is 11.5 Å². The largest absolute Gasteiger partial charge is 0.294 e. The van der Waals surface area contributed by atoms with Gasteiger partial charge in [0.25, 0.3) is 5.69 Å². The van der Waals surface area contributed by atoms with Crippen LogP contribution in [-0.4, -0.2) is 15.7 Å². The molecule has 1 heterocycles. The van der Waals surface area contributed by atoms with Crippen LogP contribution in [0.15, 0.2) is 52.5 Å². The van der Waals surface area contributed by atoms with Crippen molar-refractivity contribution in [3.8, 4) is 0 Å². The van der Waals surface area contributed by atoms with Crippen LogP contribution in [-0.2, 0) is 0 Å². The minimum atomic E-state index is -0.424. The number of benzene rings is 1. The van der Waals surface area contributed by atoms with Crippen molar-refractivity contribution in [2.75, 3.05) is 0 Å². The molecule has 0 bridgehead atoms. The van der Waals surface area contributed by atoms with E-state index in [9.17, 15) is 14.9 Å². The number of nitro benzene ring substituents is 1. The Balaban J connectivity index is 2.26. The zero-order chi connectivity index (χ0) is 13.8. The number of carbonyl (C=O) groups is 1.